The van der Waals surface area contributed by atoms with Gasteiger partial charge in [-0.2, -0.15) is 13.2 Å². The third kappa shape index (κ3) is 4.54. The van der Waals surface area contributed by atoms with Crippen LogP contribution < -0.4 is 16.4 Å². The number of carbonyl (C=O) groups excluding carboxylic acids is 1. The van der Waals surface area contributed by atoms with E-state index in [0.717, 1.165) is 41.9 Å². The number of rotatable bonds is 5. The third-order valence-corrected chi connectivity index (χ3v) is 5.15. The second-order valence-electron chi connectivity index (χ2n) is 7.54. The summed E-state index contributed by atoms with van der Waals surface area (Å²) in [6, 6.07) is 5.16. The predicted molar refractivity (Wildman–Crippen MR) is 114 cm³/mol. The number of benzene rings is 1. The summed E-state index contributed by atoms with van der Waals surface area (Å²) in [7, 11) is 0. The molecule has 4 rings (SSSR count). The number of fused-ring (bicyclic) bond motifs is 3. The first-order valence-corrected chi connectivity index (χ1v) is 10.0. The Balaban J connectivity index is 1.72. The Morgan fingerprint density at radius 2 is 2.00 bits per heavy atom. The van der Waals surface area contributed by atoms with Crippen molar-refractivity contribution in [2.75, 3.05) is 17.2 Å². The van der Waals surface area contributed by atoms with Crippen LogP contribution in [0, 0.1) is 6.92 Å². The number of aromatic nitrogens is 3. The van der Waals surface area contributed by atoms with Gasteiger partial charge in [-0.05, 0) is 50.1 Å². The fourth-order valence-electron chi connectivity index (χ4n) is 3.49. The molecule has 0 spiro atoms. The zero-order chi connectivity index (χ0) is 22.9. The first-order chi connectivity index (χ1) is 15.2. The van der Waals surface area contributed by atoms with Crippen LogP contribution in [0.25, 0.3) is 11.3 Å². The highest BCUT2D eigenvalue weighted by Gasteiger charge is 2.32. The van der Waals surface area contributed by atoms with Crippen molar-refractivity contribution >= 4 is 23.2 Å². The molecule has 0 radical (unpaired) electrons. The Labute approximate surface area is 182 Å². The van der Waals surface area contributed by atoms with Crippen molar-refractivity contribution in [3.8, 4) is 11.3 Å². The van der Waals surface area contributed by atoms with E-state index in [1.54, 1.807) is 6.20 Å². The van der Waals surface area contributed by atoms with E-state index in [0.29, 0.717) is 23.4 Å². The molecular formula is C22H21F3N6O. The van der Waals surface area contributed by atoms with Crippen molar-refractivity contribution in [2.24, 2.45) is 5.73 Å². The molecule has 4 N–H and O–H groups in total. The molecule has 166 valence electrons. The number of hydrogen-bond acceptors (Lipinski definition) is 6. The Hall–Kier alpha value is -3.53. The van der Waals surface area contributed by atoms with Gasteiger partial charge in [-0.25, -0.2) is 9.97 Å². The molecule has 0 atom stereocenters. The molecular weight excluding hydrogens is 421 g/mol. The van der Waals surface area contributed by atoms with Gasteiger partial charge in [0.05, 0.1) is 34.7 Å². The van der Waals surface area contributed by atoms with Gasteiger partial charge in [0, 0.05) is 23.5 Å². The molecule has 0 unspecified atom stereocenters. The maximum absolute atomic E-state index is 13.1. The smallest absolute Gasteiger partial charge is 0.330 e. The van der Waals surface area contributed by atoms with Crippen molar-refractivity contribution in [2.45, 2.75) is 32.4 Å². The predicted octanol–water partition coefficient (Wildman–Crippen LogP) is 4.00. The number of nitrogens with two attached hydrogens (primary N) is 1. The molecule has 7 nitrogen and oxygen atoms in total. The fourth-order valence-corrected chi connectivity index (χ4v) is 3.49. The molecule has 2 aromatic heterocycles. The summed E-state index contributed by atoms with van der Waals surface area (Å²) in [6.45, 7) is 2.42. The largest absolute Gasteiger partial charge is 0.416 e. The van der Waals surface area contributed by atoms with Gasteiger partial charge in [-0.3, -0.25) is 9.78 Å². The lowest BCUT2D eigenvalue weighted by atomic mass is 10.0. The quantitative estimate of drug-likeness (QED) is 0.552. The molecule has 3 aromatic rings. The summed E-state index contributed by atoms with van der Waals surface area (Å²) >= 11 is 0. The molecule has 1 aromatic carbocycles. The molecule has 0 bridgehead atoms. The molecule has 3 heterocycles. The number of nitrogens with zero attached hydrogens (tertiary/aromatic N) is 3. The highest BCUT2D eigenvalue weighted by molar-refractivity contribution is 6.00. The lowest BCUT2D eigenvalue weighted by Gasteiger charge is -2.14. The Morgan fingerprint density at radius 3 is 2.75 bits per heavy atom. The second kappa shape index (κ2) is 8.54. The van der Waals surface area contributed by atoms with Gasteiger partial charge in [0.1, 0.15) is 0 Å². The number of halogens is 3. The Morgan fingerprint density at radius 1 is 1.19 bits per heavy atom. The summed E-state index contributed by atoms with van der Waals surface area (Å²) in [6.07, 6.45) is 0.356. The summed E-state index contributed by atoms with van der Waals surface area (Å²) in [5, 5.41) is 5.68. The van der Waals surface area contributed by atoms with Crippen LogP contribution in [0.15, 0.2) is 36.7 Å². The summed E-state index contributed by atoms with van der Waals surface area (Å²) in [5.74, 6) is -0.175. The molecule has 1 aliphatic heterocycles. The highest BCUT2D eigenvalue weighted by Crippen LogP contribution is 2.38. The Kier molecular flexibility index (Phi) is 5.79. The maximum Gasteiger partial charge on any atom is 0.416 e. The molecule has 1 aliphatic rings. The zero-order valence-corrected chi connectivity index (χ0v) is 17.3. The van der Waals surface area contributed by atoms with Gasteiger partial charge in [-0.1, -0.05) is 6.07 Å². The van der Waals surface area contributed by atoms with Gasteiger partial charge in [0.2, 0.25) is 11.9 Å². The van der Waals surface area contributed by atoms with Gasteiger partial charge in [0.25, 0.3) is 0 Å². The number of alkyl halides is 3. The van der Waals surface area contributed by atoms with E-state index in [1.807, 2.05) is 13.0 Å². The molecule has 0 fully saturated rings. The number of aryl methyl sites for hydroxylation is 2. The molecule has 0 aliphatic carbocycles. The van der Waals surface area contributed by atoms with Crippen LogP contribution in [0.2, 0.25) is 0 Å². The van der Waals surface area contributed by atoms with Crippen molar-refractivity contribution in [1.29, 1.82) is 0 Å². The zero-order valence-electron chi connectivity index (χ0n) is 17.3. The van der Waals surface area contributed by atoms with E-state index >= 15 is 0 Å². The lowest BCUT2D eigenvalue weighted by molar-refractivity contribution is -0.137. The van der Waals surface area contributed by atoms with E-state index in [1.165, 1.54) is 12.3 Å². The normalized spacial score (nSPS) is 13.1. The monoisotopic (exact) mass is 442 g/mol. The van der Waals surface area contributed by atoms with Crippen LogP contribution in [-0.2, 0) is 23.8 Å². The molecule has 32 heavy (non-hydrogen) atoms. The minimum Gasteiger partial charge on any atom is -0.330 e. The number of pyridine rings is 1. The first kappa shape index (κ1) is 21.7. The number of nitrogens with one attached hydrogen (secondary N) is 2. The number of anilines is 3. The SMILES string of the molecule is Cc1ncc(CCCN)cc1Nc1ncc2c(n1)-c1ccc(C(F)(F)F)cc1NC(=O)C2. The standard InChI is InChI=1S/C22H21F3N6O/c1-12-17(7-13(10-27-12)3-2-6-26)30-21-28-11-14-8-19(32)29-18-9-15(22(23,24)25)4-5-16(18)20(14)31-21/h4-5,7,9-11H,2-3,6,8,26H2,1H3,(H,29,32)(H,28,30,31). The lowest BCUT2D eigenvalue weighted by Crippen LogP contribution is -2.13. The van der Waals surface area contributed by atoms with Gasteiger partial charge >= 0.3 is 6.18 Å². The number of amides is 1. The van der Waals surface area contributed by atoms with Crippen LogP contribution in [0.4, 0.5) is 30.5 Å². The van der Waals surface area contributed by atoms with Crippen LogP contribution in [0.1, 0.15) is 28.8 Å². The minimum atomic E-state index is -4.52. The molecule has 0 saturated carbocycles. The average molecular weight is 442 g/mol. The van der Waals surface area contributed by atoms with E-state index < -0.39 is 17.6 Å². The van der Waals surface area contributed by atoms with E-state index in [2.05, 4.69) is 25.6 Å². The van der Waals surface area contributed by atoms with Gasteiger partial charge in [0.15, 0.2) is 0 Å². The molecule has 1 amide bonds. The van der Waals surface area contributed by atoms with Crippen LogP contribution >= 0.6 is 0 Å². The van der Waals surface area contributed by atoms with Crippen molar-refractivity contribution in [3.05, 3.63) is 59.0 Å². The first-order valence-electron chi connectivity index (χ1n) is 10.0. The third-order valence-electron chi connectivity index (χ3n) is 5.15. The number of hydrogen-bond donors (Lipinski definition) is 3. The summed E-state index contributed by atoms with van der Waals surface area (Å²) < 4.78 is 39.4. The van der Waals surface area contributed by atoms with Crippen LogP contribution in [0.3, 0.4) is 0 Å². The molecule has 0 saturated heterocycles. The van der Waals surface area contributed by atoms with E-state index in [-0.39, 0.29) is 18.1 Å². The van der Waals surface area contributed by atoms with Crippen LogP contribution in [0.5, 0.6) is 0 Å². The minimum absolute atomic E-state index is 0.0409. The number of carbonyl (C=O) groups is 1. The summed E-state index contributed by atoms with van der Waals surface area (Å²) in [5.41, 5.74) is 8.60. The highest BCUT2D eigenvalue weighted by atomic mass is 19.4. The van der Waals surface area contributed by atoms with E-state index in [9.17, 15) is 18.0 Å². The molecule has 10 heteroatoms. The van der Waals surface area contributed by atoms with Crippen molar-refractivity contribution < 1.29 is 18.0 Å². The van der Waals surface area contributed by atoms with E-state index in [4.69, 9.17) is 5.73 Å². The fraction of sp³-hybridized carbons (Fsp3) is 0.273. The average Bonchev–Trinajstić information content (AvgIpc) is 2.88. The summed E-state index contributed by atoms with van der Waals surface area (Å²) in [4.78, 5) is 25.4. The van der Waals surface area contributed by atoms with Gasteiger partial charge < -0.3 is 16.4 Å². The van der Waals surface area contributed by atoms with Gasteiger partial charge in [-0.15, -0.1) is 0 Å². The van der Waals surface area contributed by atoms with Crippen LogP contribution in [-0.4, -0.2) is 27.4 Å². The van der Waals surface area contributed by atoms with Crippen molar-refractivity contribution in [1.82, 2.24) is 15.0 Å². The Bertz CT molecular complexity index is 1180. The topological polar surface area (TPSA) is 106 Å². The second-order valence-corrected chi connectivity index (χ2v) is 7.54. The van der Waals surface area contributed by atoms with Crippen molar-refractivity contribution in [3.63, 3.8) is 0 Å². The maximum atomic E-state index is 13.1.